The number of hydrogen-bond donors (Lipinski definition) is 0. The van der Waals surface area contributed by atoms with Crippen LogP contribution in [-0.2, 0) is 0 Å². The van der Waals surface area contributed by atoms with E-state index in [4.69, 9.17) is 11.6 Å². The molecule has 92 valence electrons. The molecule has 1 aliphatic rings. The van der Waals surface area contributed by atoms with E-state index >= 15 is 0 Å². The minimum atomic E-state index is 0.0638. The average molecular weight is 253 g/mol. The van der Waals surface area contributed by atoms with Gasteiger partial charge >= 0.3 is 0 Å². The van der Waals surface area contributed by atoms with Crippen LogP contribution >= 0.6 is 11.6 Å². The van der Waals surface area contributed by atoms with E-state index in [1.807, 2.05) is 4.90 Å². The van der Waals surface area contributed by atoms with Crippen LogP contribution in [0.5, 0.6) is 0 Å². The minimum Gasteiger partial charge on any atom is -0.333 e. The number of hydrogen-bond acceptors (Lipinski definition) is 2. The van der Waals surface area contributed by atoms with Crippen LogP contribution in [0.25, 0.3) is 0 Å². The van der Waals surface area contributed by atoms with E-state index in [9.17, 15) is 4.79 Å². The van der Waals surface area contributed by atoms with Crippen molar-refractivity contribution in [3.8, 4) is 0 Å². The Morgan fingerprint density at radius 2 is 2.00 bits per heavy atom. The van der Waals surface area contributed by atoms with Gasteiger partial charge in [-0.25, -0.2) is 4.98 Å². The van der Waals surface area contributed by atoms with Gasteiger partial charge in [-0.15, -0.1) is 0 Å². The smallest absolute Gasteiger partial charge is 0.255 e. The lowest BCUT2D eigenvalue weighted by Crippen LogP contribution is -2.47. The number of pyridine rings is 1. The van der Waals surface area contributed by atoms with E-state index in [2.05, 4.69) is 18.8 Å². The fraction of sp³-hybridized carbons (Fsp3) is 0.538. The Balaban J connectivity index is 2.20. The number of likely N-dealkylation sites (tertiary alicyclic amines) is 1. The van der Waals surface area contributed by atoms with Gasteiger partial charge < -0.3 is 4.90 Å². The molecule has 1 fully saturated rings. The molecule has 2 atom stereocenters. The van der Waals surface area contributed by atoms with E-state index in [0.717, 1.165) is 12.8 Å². The molecule has 1 aromatic rings. The lowest BCUT2D eigenvalue weighted by molar-refractivity contribution is 0.0510. The molecule has 0 bridgehead atoms. The summed E-state index contributed by atoms with van der Waals surface area (Å²) in [6.45, 7) is 4.22. The highest BCUT2D eigenvalue weighted by Gasteiger charge is 2.29. The molecular formula is C13H17ClN2O. The second kappa shape index (κ2) is 5.05. The Morgan fingerprint density at radius 3 is 2.53 bits per heavy atom. The third-order valence-electron chi connectivity index (χ3n) is 3.40. The molecule has 2 unspecified atom stereocenters. The van der Waals surface area contributed by atoms with Crippen LogP contribution in [0.15, 0.2) is 18.3 Å². The highest BCUT2D eigenvalue weighted by Crippen LogP contribution is 2.24. The first-order valence-corrected chi connectivity index (χ1v) is 6.41. The van der Waals surface area contributed by atoms with Crippen molar-refractivity contribution in [3.63, 3.8) is 0 Å². The van der Waals surface area contributed by atoms with Crippen molar-refractivity contribution in [3.05, 3.63) is 29.0 Å². The number of carbonyl (C=O) groups excluding carboxylic acids is 1. The van der Waals surface area contributed by atoms with Crippen molar-refractivity contribution in [2.45, 2.75) is 45.2 Å². The lowest BCUT2D eigenvalue weighted by atomic mass is 9.96. The number of aromatic nitrogens is 1. The van der Waals surface area contributed by atoms with Gasteiger partial charge in [0.2, 0.25) is 0 Å². The van der Waals surface area contributed by atoms with Crippen LogP contribution in [0.3, 0.4) is 0 Å². The molecule has 0 radical (unpaired) electrons. The normalized spacial score (nSPS) is 24.8. The molecule has 1 aromatic heterocycles. The maximum Gasteiger partial charge on any atom is 0.255 e. The van der Waals surface area contributed by atoms with Gasteiger partial charge in [0.15, 0.2) is 0 Å². The fourth-order valence-corrected chi connectivity index (χ4v) is 2.58. The van der Waals surface area contributed by atoms with Crippen LogP contribution in [0, 0.1) is 0 Å². The van der Waals surface area contributed by atoms with Crippen molar-refractivity contribution < 1.29 is 4.79 Å². The number of halogens is 1. The maximum absolute atomic E-state index is 12.4. The van der Waals surface area contributed by atoms with Crippen molar-refractivity contribution in [2.24, 2.45) is 0 Å². The van der Waals surface area contributed by atoms with Gasteiger partial charge in [0.05, 0.1) is 5.56 Å². The predicted molar refractivity (Wildman–Crippen MR) is 68.2 cm³/mol. The SMILES string of the molecule is CC1CCCC(C)N1C(=O)c1ccc(Cl)nc1. The fourth-order valence-electron chi connectivity index (χ4n) is 2.47. The zero-order valence-corrected chi connectivity index (χ0v) is 10.9. The summed E-state index contributed by atoms with van der Waals surface area (Å²) in [7, 11) is 0. The van der Waals surface area contributed by atoms with E-state index in [1.54, 1.807) is 18.3 Å². The highest BCUT2D eigenvalue weighted by molar-refractivity contribution is 6.29. The number of rotatable bonds is 1. The third-order valence-corrected chi connectivity index (χ3v) is 3.63. The average Bonchev–Trinajstić information content (AvgIpc) is 2.29. The van der Waals surface area contributed by atoms with E-state index in [0.29, 0.717) is 22.8 Å². The molecule has 1 amide bonds. The molecule has 0 aromatic carbocycles. The highest BCUT2D eigenvalue weighted by atomic mass is 35.5. The van der Waals surface area contributed by atoms with Gasteiger partial charge in [-0.05, 0) is 45.2 Å². The predicted octanol–water partition coefficient (Wildman–Crippen LogP) is 3.14. The van der Waals surface area contributed by atoms with Crippen molar-refractivity contribution in [1.29, 1.82) is 0 Å². The molecule has 3 nitrogen and oxygen atoms in total. The molecule has 1 saturated heterocycles. The first-order valence-electron chi connectivity index (χ1n) is 6.04. The first kappa shape index (κ1) is 12.4. The van der Waals surface area contributed by atoms with Crippen LogP contribution in [0.4, 0.5) is 0 Å². The topological polar surface area (TPSA) is 33.2 Å². The maximum atomic E-state index is 12.4. The summed E-state index contributed by atoms with van der Waals surface area (Å²) < 4.78 is 0. The summed E-state index contributed by atoms with van der Waals surface area (Å²) in [4.78, 5) is 18.3. The van der Waals surface area contributed by atoms with Gasteiger partial charge in [0.1, 0.15) is 5.15 Å². The number of amides is 1. The summed E-state index contributed by atoms with van der Waals surface area (Å²) in [5, 5.41) is 0.418. The molecule has 17 heavy (non-hydrogen) atoms. The standard InChI is InChI=1S/C13H17ClN2O/c1-9-4-3-5-10(2)16(9)13(17)11-6-7-12(14)15-8-11/h6-10H,3-5H2,1-2H3. The van der Waals surface area contributed by atoms with Crippen LogP contribution in [0.2, 0.25) is 5.15 Å². The monoisotopic (exact) mass is 252 g/mol. The Morgan fingerprint density at radius 1 is 1.35 bits per heavy atom. The zero-order chi connectivity index (χ0) is 12.4. The molecule has 2 rings (SSSR count). The largest absolute Gasteiger partial charge is 0.333 e. The van der Waals surface area contributed by atoms with Gasteiger partial charge in [-0.3, -0.25) is 4.79 Å². The summed E-state index contributed by atoms with van der Waals surface area (Å²) in [6.07, 6.45) is 4.91. The Hall–Kier alpha value is -1.09. The Bertz CT molecular complexity index is 394. The van der Waals surface area contributed by atoms with Crippen molar-refractivity contribution >= 4 is 17.5 Å². The molecule has 4 heteroatoms. The van der Waals surface area contributed by atoms with Gasteiger partial charge in [-0.1, -0.05) is 11.6 Å². The van der Waals surface area contributed by atoms with Gasteiger partial charge in [0.25, 0.3) is 5.91 Å². The lowest BCUT2D eigenvalue weighted by Gasteiger charge is -2.39. The van der Waals surface area contributed by atoms with Gasteiger partial charge in [0, 0.05) is 18.3 Å². The summed E-state index contributed by atoms with van der Waals surface area (Å²) in [5.74, 6) is 0.0638. The number of carbonyl (C=O) groups is 1. The van der Waals surface area contributed by atoms with Crippen LogP contribution in [0.1, 0.15) is 43.5 Å². The minimum absolute atomic E-state index is 0.0638. The molecule has 0 aliphatic carbocycles. The second-order valence-electron chi connectivity index (χ2n) is 4.71. The number of piperidine rings is 1. The molecule has 0 saturated carbocycles. The summed E-state index contributed by atoms with van der Waals surface area (Å²) in [6, 6.07) is 4.02. The Labute approximate surface area is 107 Å². The summed E-state index contributed by atoms with van der Waals surface area (Å²) in [5.41, 5.74) is 0.620. The van der Waals surface area contributed by atoms with Gasteiger partial charge in [-0.2, -0.15) is 0 Å². The van der Waals surface area contributed by atoms with E-state index in [1.165, 1.54) is 6.42 Å². The first-order chi connectivity index (χ1) is 8.09. The third kappa shape index (κ3) is 2.60. The summed E-state index contributed by atoms with van der Waals surface area (Å²) >= 11 is 5.72. The second-order valence-corrected chi connectivity index (χ2v) is 5.10. The van der Waals surface area contributed by atoms with E-state index < -0.39 is 0 Å². The molecule has 1 aliphatic heterocycles. The van der Waals surface area contributed by atoms with Crippen molar-refractivity contribution in [1.82, 2.24) is 9.88 Å². The Kier molecular flexibility index (Phi) is 3.67. The molecule has 0 spiro atoms. The quantitative estimate of drug-likeness (QED) is 0.720. The molecule has 2 heterocycles. The van der Waals surface area contributed by atoms with E-state index in [-0.39, 0.29) is 5.91 Å². The molecular weight excluding hydrogens is 236 g/mol. The molecule has 0 N–H and O–H groups in total. The number of nitrogens with zero attached hydrogens (tertiary/aromatic N) is 2. The van der Waals surface area contributed by atoms with Crippen LogP contribution in [-0.4, -0.2) is 27.9 Å². The zero-order valence-electron chi connectivity index (χ0n) is 10.2. The van der Waals surface area contributed by atoms with Crippen LogP contribution < -0.4 is 0 Å². The van der Waals surface area contributed by atoms with Crippen molar-refractivity contribution in [2.75, 3.05) is 0 Å².